The van der Waals surface area contributed by atoms with Crippen LogP contribution in [0.5, 0.6) is 0 Å². The molecule has 1 aliphatic rings. The van der Waals surface area contributed by atoms with Crippen molar-refractivity contribution in [3.63, 3.8) is 0 Å². The predicted molar refractivity (Wildman–Crippen MR) is 62.7 cm³/mol. The lowest BCUT2D eigenvalue weighted by Gasteiger charge is -2.37. The van der Waals surface area contributed by atoms with Crippen molar-refractivity contribution in [2.24, 2.45) is 0 Å². The van der Waals surface area contributed by atoms with Crippen LogP contribution in [0.2, 0.25) is 0 Å². The number of nitrogens with zero attached hydrogens (tertiary/aromatic N) is 1. The maximum atomic E-state index is 12.1. The first-order valence-corrected chi connectivity index (χ1v) is 6.27. The van der Waals surface area contributed by atoms with E-state index in [1.54, 1.807) is 12.1 Å². The molecular weight excluding hydrogens is 226 g/mol. The predicted octanol–water partition coefficient (Wildman–Crippen LogP) is 2.90. The molecule has 1 aromatic rings. The molecule has 0 atom stereocenters. The van der Waals surface area contributed by atoms with E-state index >= 15 is 0 Å². The van der Waals surface area contributed by atoms with Gasteiger partial charge in [-0.3, -0.25) is 4.79 Å². The van der Waals surface area contributed by atoms with Crippen molar-refractivity contribution in [3.8, 4) is 0 Å². The lowest BCUT2D eigenvalue weighted by atomic mass is 9.91. The number of rotatable bonds is 5. The fraction of sp³-hybridized carbons (Fsp3) is 0.583. The van der Waals surface area contributed by atoms with E-state index in [0.29, 0.717) is 17.7 Å². The molecule has 0 aliphatic heterocycles. The summed E-state index contributed by atoms with van der Waals surface area (Å²) in [6, 6.07) is 3.85. The maximum Gasteiger partial charge on any atom is 0.289 e. The average Bonchev–Trinajstić information content (AvgIpc) is 2.73. The summed E-state index contributed by atoms with van der Waals surface area (Å²) in [7, 11) is 0. The molecule has 0 spiro atoms. The molecule has 0 N–H and O–H groups in total. The highest BCUT2D eigenvalue weighted by molar-refractivity contribution is 6.17. The van der Waals surface area contributed by atoms with Crippen LogP contribution in [0.1, 0.15) is 36.2 Å². The average molecular weight is 242 g/mol. The van der Waals surface area contributed by atoms with E-state index in [9.17, 15) is 4.79 Å². The third kappa shape index (κ3) is 2.40. The minimum atomic E-state index is -0.000170. The van der Waals surface area contributed by atoms with Crippen molar-refractivity contribution >= 4 is 17.5 Å². The molecule has 1 saturated carbocycles. The summed E-state index contributed by atoms with van der Waals surface area (Å²) in [5, 5.41) is 0. The Morgan fingerprint density at radius 3 is 2.88 bits per heavy atom. The van der Waals surface area contributed by atoms with Gasteiger partial charge in [0, 0.05) is 18.5 Å². The number of carbonyl (C=O) groups is 1. The van der Waals surface area contributed by atoms with Gasteiger partial charge in [0.05, 0.1) is 6.26 Å². The van der Waals surface area contributed by atoms with E-state index in [2.05, 4.69) is 0 Å². The molecule has 88 valence electrons. The fourth-order valence-electron chi connectivity index (χ4n) is 1.92. The molecule has 2 rings (SSSR count). The molecule has 0 unspecified atom stereocenters. The van der Waals surface area contributed by atoms with E-state index in [4.69, 9.17) is 16.0 Å². The topological polar surface area (TPSA) is 33.5 Å². The van der Waals surface area contributed by atoms with Crippen LogP contribution in [-0.2, 0) is 0 Å². The zero-order chi connectivity index (χ0) is 11.4. The Kier molecular flexibility index (Phi) is 3.88. The molecule has 0 radical (unpaired) electrons. The zero-order valence-electron chi connectivity index (χ0n) is 9.19. The number of alkyl halides is 1. The molecule has 1 aromatic heterocycles. The Hall–Kier alpha value is -0.960. The highest BCUT2D eigenvalue weighted by Crippen LogP contribution is 2.26. The Morgan fingerprint density at radius 2 is 2.38 bits per heavy atom. The maximum absolute atomic E-state index is 12.1. The lowest BCUT2D eigenvalue weighted by Crippen LogP contribution is -2.44. The normalized spacial score (nSPS) is 15.8. The van der Waals surface area contributed by atoms with E-state index < -0.39 is 0 Å². The number of hydrogen-bond donors (Lipinski definition) is 0. The molecule has 0 aromatic carbocycles. The van der Waals surface area contributed by atoms with E-state index in [-0.39, 0.29) is 5.91 Å². The number of halogens is 1. The van der Waals surface area contributed by atoms with Gasteiger partial charge in [0.15, 0.2) is 5.76 Å². The lowest BCUT2D eigenvalue weighted by molar-refractivity contribution is 0.0548. The van der Waals surface area contributed by atoms with Gasteiger partial charge in [-0.25, -0.2) is 0 Å². The van der Waals surface area contributed by atoms with Crippen LogP contribution >= 0.6 is 11.6 Å². The van der Waals surface area contributed by atoms with Crippen LogP contribution in [0.4, 0.5) is 0 Å². The first kappa shape index (κ1) is 11.5. The van der Waals surface area contributed by atoms with Crippen molar-refractivity contribution in [2.75, 3.05) is 12.4 Å². The molecule has 1 amide bonds. The van der Waals surface area contributed by atoms with Gasteiger partial charge < -0.3 is 9.32 Å². The second-order valence-corrected chi connectivity index (χ2v) is 4.48. The second-order valence-electron chi connectivity index (χ2n) is 4.10. The summed E-state index contributed by atoms with van der Waals surface area (Å²) in [5.74, 6) is 1.02. The zero-order valence-corrected chi connectivity index (χ0v) is 9.95. The Morgan fingerprint density at radius 1 is 1.56 bits per heavy atom. The van der Waals surface area contributed by atoms with Crippen LogP contribution in [0.15, 0.2) is 22.8 Å². The molecule has 4 heteroatoms. The molecule has 3 nitrogen and oxygen atoms in total. The third-order valence-electron chi connectivity index (χ3n) is 3.04. The SMILES string of the molecule is O=C(c1ccco1)N(CCCCl)C1CCC1. The first-order chi connectivity index (χ1) is 7.83. The molecular formula is C12H16ClNO2. The van der Waals surface area contributed by atoms with Gasteiger partial charge in [0.25, 0.3) is 5.91 Å². The number of amides is 1. The highest BCUT2D eigenvalue weighted by Gasteiger charge is 2.29. The van der Waals surface area contributed by atoms with Crippen molar-refractivity contribution < 1.29 is 9.21 Å². The van der Waals surface area contributed by atoms with Crippen molar-refractivity contribution in [3.05, 3.63) is 24.2 Å². The van der Waals surface area contributed by atoms with Gasteiger partial charge in [0.2, 0.25) is 0 Å². The van der Waals surface area contributed by atoms with Gasteiger partial charge in [-0.2, -0.15) is 0 Å². The van der Waals surface area contributed by atoms with Crippen molar-refractivity contribution in [2.45, 2.75) is 31.7 Å². The Bertz CT molecular complexity index is 333. The van der Waals surface area contributed by atoms with Gasteiger partial charge >= 0.3 is 0 Å². The second kappa shape index (κ2) is 5.39. The molecule has 0 bridgehead atoms. The number of carbonyl (C=O) groups excluding carboxylic acids is 1. The molecule has 0 saturated heterocycles. The summed E-state index contributed by atoms with van der Waals surface area (Å²) < 4.78 is 5.15. The van der Waals surface area contributed by atoms with Crippen LogP contribution in [0, 0.1) is 0 Å². The summed E-state index contributed by atoms with van der Waals surface area (Å²) >= 11 is 5.68. The van der Waals surface area contributed by atoms with Gasteiger partial charge in [-0.05, 0) is 37.8 Å². The molecule has 1 fully saturated rings. The quantitative estimate of drug-likeness (QED) is 0.743. The minimum Gasteiger partial charge on any atom is -0.459 e. The number of furan rings is 1. The van der Waals surface area contributed by atoms with Crippen molar-refractivity contribution in [1.29, 1.82) is 0 Å². The molecule has 16 heavy (non-hydrogen) atoms. The smallest absolute Gasteiger partial charge is 0.289 e. The molecule has 1 heterocycles. The summed E-state index contributed by atoms with van der Waals surface area (Å²) in [6.07, 6.45) is 5.80. The van der Waals surface area contributed by atoms with E-state index in [0.717, 1.165) is 25.8 Å². The van der Waals surface area contributed by atoms with Gasteiger partial charge in [0.1, 0.15) is 0 Å². The fourth-order valence-corrected chi connectivity index (χ4v) is 2.04. The minimum absolute atomic E-state index is 0.000170. The van der Waals surface area contributed by atoms with Gasteiger partial charge in [-0.15, -0.1) is 11.6 Å². The first-order valence-electron chi connectivity index (χ1n) is 5.73. The Balaban J connectivity index is 2.02. The summed E-state index contributed by atoms with van der Waals surface area (Å²) in [6.45, 7) is 0.730. The van der Waals surface area contributed by atoms with Crippen LogP contribution in [0.25, 0.3) is 0 Å². The van der Waals surface area contributed by atoms with Crippen LogP contribution < -0.4 is 0 Å². The van der Waals surface area contributed by atoms with Crippen LogP contribution in [-0.4, -0.2) is 29.3 Å². The number of hydrogen-bond acceptors (Lipinski definition) is 2. The van der Waals surface area contributed by atoms with E-state index in [1.165, 1.54) is 12.7 Å². The third-order valence-corrected chi connectivity index (χ3v) is 3.31. The van der Waals surface area contributed by atoms with Crippen LogP contribution in [0.3, 0.4) is 0 Å². The van der Waals surface area contributed by atoms with Crippen molar-refractivity contribution in [1.82, 2.24) is 4.90 Å². The Labute approximate surface area is 100 Å². The standard InChI is InChI=1S/C12H16ClNO2/c13-7-3-8-14(10-4-1-5-10)12(15)11-6-2-9-16-11/h2,6,9-10H,1,3-5,7-8H2. The highest BCUT2D eigenvalue weighted by atomic mass is 35.5. The van der Waals surface area contributed by atoms with Gasteiger partial charge in [-0.1, -0.05) is 0 Å². The largest absolute Gasteiger partial charge is 0.459 e. The monoisotopic (exact) mass is 241 g/mol. The van der Waals surface area contributed by atoms with E-state index in [1.807, 2.05) is 4.90 Å². The summed E-state index contributed by atoms with van der Waals surface area (Å²) in [4.78, 5) is 14.0. The summed E-state index contributed by atoms with van der Waals surface area (Å²) in [5.41, 5.74) is 0. The molecule has 1 aliphatic carbocycles.